The Bertz CT molecular complexity index is 1510. The van der Waals surface area contributed by atoms with Crippen LogP contribution >= 0.6 is 23.2 Å². The van der Waals surface area contributed by atoms with E-state index in [4.69, 9.17) is 27.9 Å². The summed E-state index contributed by atoms with van der Waals surface area (Å²) in [4.78, 5) is 25.9. The molecular formula is C29H26Cl2N4O4. The van der Waals surface area contributed by atoms with Crippen LogP contribution in [0.5, 0.6) is 11.5 Å². The predicted molar refractivity (Wildman–Crippen MR) is 151 cm³/mol. The SMILES string of the molecule is COc1ccc(CNC(=O)n2nc(-c3ccc(NC(=O)c4c(Cl)cccc4Cl)cc3O)cc2C2CCC2)cc1. The molecule has 0 radical (unpaired) electrons. The normalized spacial score (nSPS) is 13.0. The molecule has 0 bridgehead atoms. The Morgan fingerprint density at radius 3 is 2.38 bits per heavy atom. The van der Waals surface area contributed by atoms with Gasteiger partial charge in [-0.1, -0.05) is 47.8 Å². The maximum absolute atomic E-state index is 13.1. The minimum atomic E-state index is -0.497. The maximum atomic E-state index is 13.1. The number of aromatic nitrogens is 2. The molecule has 0 unspecified atom stereocenters. The number of methoxy groups -OCH3 is 1. The summed E-state index contributed by atoms with van der Waals surface area (Å²) < 4.78 is 6.57. The van der Waals surface area contributed by atoms with Crippen LogP contribution in [0.2, 0.25) is 10.0 Å². The number of carbonyl (C=O) groups is 2. The van der Waals surface area contributed by atoms with Crippen molar-refractivity contribution in [3.8, 4) is 22.8 Å². The number of hydrogen-bond acceptors (Lipinski definition) is 5. The van der Waals surface area contributed by atoms with Crippen LogP contribution < -0.4 is 15.4 Å². The van der Waals surface area contributed by atoms with E-state index < -0.39 is 5.91 Å². The molecule has 1 aliphatic rings. The first kappa shape index (κ1) is 26.6. The Labute approximate surface area is 235 Å². The van der Waals surface area contributed by atoms with Gasteiger partial charge in [-0.25, -0.2) is 4.79 Å². The van der Waals surface area contributed by atoms with E-state index >= 15 is 0 Å². The van der Waals surface area contributed by atoms with Crippen LogP contribution in [0, 0.1) is 0 Å². The Morgan fingerprint density at radius 2 is 1.77 bits per heavy atom. The third kappa shape index (κ3) is 5.72. The lowest BCUT2D eigenvalue weighted by atomic mass is 9.82. The number of nitrogens with zero attached hydrogens (tertiary/aromatic N) is 2. The van der Waals surface area contributed by atoms with E-state index in [0.717, 1.165) is 36.3 Å². The second-order valence-electron chi connectivity index (χ2n) is 9.28. The molecule has 3 aromatic carbocycles. The van der Waals surface area contributed by atoms with Crippen molar-refractivity contribution in [3.05, 3.63) is 93.6 Å². The number of phenolic OH excluding ortho intramolecular Hbond substituents is 1. The number of hydrogen-bond donors (Lipinski definition) is 3. The van der Waals surface area contributed by atoms with E-state index in [1.807, 2.05) is 30.3 Å². The minimum absolute atomic E-state index is 0.0958. The van der Waals surface area contributed by atoms with Crippen molar-refractivity contribution in [2.24, 2.45) is 0 Å². The van der Waals surface area contributed by atoms with E-state index in [0.29, 0.717) is 23.5 Å². The monoisotopic (exact) mass is 564 g/mol. The standard InChI is InChI=1S/C29H26Cl2N4O4/c1-39-20-11-8-17(9-12-20)16-32-29(38)35-25(18-4-2-5-18)15-24(34-35)21-13-10-19(14-26(21)36)33-28(37)27-22(30)6-3-7-23(27)31/h3,6-15,18,36H,2,4-5,16H2,1H3,(H,32,38)(H,33,37). The van der Waals surface area contributed by atoms with Gasteiger partial charge < -0.3 is 20.5 Å². The second kappa shape index (κ2) is 11.4. The number of aromatic hydroxyl groups is 1. The highest BCUT2D eigenvalue weighted by atomic mass is 35.5. The van der Waals surface area contributed by atoms with Crippen LogP contribution in [-0.4, -0.2) is 33.9 Å². The molecule has 1 aliphatic carbocycles. The fraction of sp³-hybridized carbons (Fsp3) is 0.207. The van der Waals surface area contributed by atoms with E-state index in [-0.39, 0.29) is 33.3 Å². The molecule has 200 valence electrons. The molecule has 0 spiro atoms. The van der Waals surface area contributed by atoms with Gasteiger partial charge >= 0.3 is 6.03 Å². The van der Waals surface area contributed by atoms with Crippen LogP contribution in [0.15, 0.2) is 66.7 Å². The summed E-state index contributed by atoms with van der Waals surface area (Å²) in [5.41, 5.74) is 3.12. The molecule has 4 aromatic rings. The van der Waals surface area contributed by atoms with E-state index in [9.17, 15) is 14.7 Å². The number of benzene rings is 3. The first-order valence-corrected chi connectivity index (χ1v) is 13.2. The van der Waals surface area contributed by atoms with E-state index in [1.54, 1.807) is 37.4 Å². The van der Waals surface area contributed by atoms with Gasteiger partial charge in [0.2, 0.25) is 0 Å². The number of anilines is 1. The van der Waals surface area contributed by atoms with Crippen molar-refractivity contribution < 1.29 is 19.4 Å². The molecule has 39 heavy (non-hydrogen) atoms. The zero-order chi connectivity index (χ0) is 27.5. The molecule has 1 heterocycles. The molecular weight excluding hydrogens is 539 g/mol. The third-order valence-corrected chi connectivity index (χ3v) is 7.41. The number of phenols is 1. The van der Waals surface area contributed by atoms with Crippen molar-refractivity contribution in [1.29, 1.82) is 0 Å². The maximum Gasteiger partial charge on any atom is 0.342 e. The summed E-state index contributed by atoms with van der Waals surface area (Å²) in [5, 5.41) is 21.4. The third-order valence-electron chi connectivity index (χ3n) is 6.78. The highest BCUT2D eigenvalue weighted by Gasteiger charge is 2.27. The average molecular weight is 565 g/mol. The highest BCUT2D eigenvalue weighted by Crippen LogP contribution is 2.39. The first-order valence-electron chi connectivity index (χ1n) is 12.4. The molecule has 0 atom stereocenters. The van der Waals surface area contributed by atoms with Crippen molar-refractivity contribution >= 4 is 40.8 Å². The summed E-state index contributed by atoms with van der Waals surface area (Å²) in [6.07, 6.45) is 3.03. The van der Waals surface area contributed by atoms with Gasteiger partial charge in [0.25, 0.3) is 5.91 Å². The number of carbonyl (C=O) groups excluding carboxylic acids is 2. The zero-order valence-corrected chi connectivity index (χ0v) is 22.6. The molecule has 8 nitrogen and oxygen atoms in total. The molecule has 10 heteroatoms. The minimum Gasteiger partial charge on any atom is -0.507 e. The van der Waals surface area contributed by atoms with Gasteiger partial charge in [0.05, 0.1) is 34.1 Å². The van der Waals surface area contributed by atoms with Crippen LogP contribution in [0.1, 0.15) is 46.8 Å². The topological polar surface area (TPSA) is 105 Å². The van der Waals surface area contributed by atoms with Gasteiger partial charge in [0, 0.05) is 29.8 Å². The van der Waals surface area contributed by atoms with Gasteiger partial charge in [-0.2, -0.15) is 9.78 Å². The van der Waals surface area contributed by atoms with Crippen molar-refractivity contribution in [1.82, 2.24) is 15.1 Å². The van der Waals surface area contributed by atoms with Gasteiger partial charge in [0.1, 0.15) is 11.5 Å². The summed E-state index contributed by atoms with van der Waals surface area (Å²) in [6.45, 7) is 0.331. The quantitative estimate of drug-likeness (QED) is 0.227. The van der Waals surface area contributed by atoms with Gasteiger partial charge in [-0.15, -0.1) is 0 Å². The summed E-state index contributed by atoms with van der Waals surface area (Å²) >= 11 is 12.3. The van der Waals surface area contributed by atoms with Crippen molar-refractivity contribution in [3.63, 3.8) is 0 Å². The molecule has 0 saturated heterocycles. The molecule has 0 aliphatic heterocycles. The molecule has 1 saturated carbocycles. The number of rotatable bonds is 7. The van der Waals surface area contributed by atoms with E-state index in [1.165, 1.54) is 10.7 Å². The van der Waals surface area contributed by atoms with Crippen molar-refractivity contribution in [2.45, 2.75) is 31.7 Å². The largest absolute Gasteiger partial charge is 0.507 e. The van der Waals surface area contributed by atoms with E-state index in [2.05, 4.69) is 15.7 Å². The molecule has 3 N–H and O–H groups in total. The Hall–Kier alpha value is -4.01. The fourth-order valence-electron chi connectivity index (χ4n) is 4.41. The van der Waals surface area contributed by atoms with Crippen LogP contribution in [0.3, 0.4) is 0 Å². The van der Waals surface area contributed by atoms with Crippen molar-refractivity contribution in [2.75, 3.05) is 12.4 Å². The second-order valence-corrected chi connectivity index (χ2v) is 10.1. The number of halogens is 2. The first-order chi connectivity index (χ1) is 18.8. The Balaban J connectivity index is 1.35. The molecule has 1 aromatic heterocycles. The lowest BCUT2D eigenvalue weighted by Crippen LogP contribution is -2.31. The fourth-order valence-corrected chi connectivity index (χ4v) is 4.98. The molecule has 5 rings (SSSR count). The van der Waals surface area contributed by atoms with Gasteiger partial charge in [-0.05, 0) is 60.9 Å². The average Bonchev–Trinajstić information content (AvgIpc) is 3.31. The Kier molecular flexibility index (Phi) is 7.77. The number of nitrogens with one attached hydrogen (secondary N) is 2. The summed E-state index contributed by atoms with van der Waals surface area (Å²) in [5.74, 6) is 0.371. The molecule has 2 amide bonds. The lowest BCUT2D eigenvalue weighted by molar-refractivity contribution is 0.102. The van der Waals surface area contributed by atoms with Gasteiger partial charge in [0.15, 0.2) is 0 Å². The smallest absolute Gasteiger partial charge is 0.342 e. The van der Waals surface area contributed by atoms with Crippen LogP contribution in [0.25, 0.3) is 11.3 Å². The predicted octanol–water partition coefficient (Wildman–Crippen LogP) is 6.85. The molecule has 1 fully saturated rings. The van der Waals surface area contributed by atoms with Crippen LogP contribution in [-0.2, 0) is 6.54 Å². The summed E-state index contributed by atoms with van der Waals surface area (Å²) in [6, 6.07) is 18.5. The van der Waals surface area contributed by atoms with Crippen LogP contribution in [0.4, 0.5) is 10.5 Å². The van der Waals surface area contributed by atoms with Gasteiger partial charge in [-0.3, -0.25) is 4.79 Å². The number of amides is 2. The highest BCUT2D eigenvalue weighted by molar-refractivity contribution is 6.40. The zero-order valence-electron chi connectivity index (χ0n) is 21.1. The summed E-state index contributed by atoms with van der Waals surface area (Å²) in [7, 11) is 1.60. The Morgan fingerprint density at radius 1 is 1.05 bits per heavy atom. The lowest BCUT2D eigenvalue weighted by Gasteiger charge is -2.25. The number of ether oxygens (including phenoxy) is 1.